The number of aliphatic carboxylic acids is 1. The van der Waals surface area contributed by atoms with Gasteiger partial charge in [-0.25, -0.2) is 9.18 Å². The number of halogens is 1. The maximum absolute atomic E-state index is 13.3. The highest BCUT2D eigenvalue weighted by molar-refractivity contribution is 5.81. The lowest BCUT2D eigenvalue weighted by atomic mass is 9.91. The van der Waals surface area contributed by atoms with Crippen LogP contribution in [0.1, 0.15) is 25.7 Å². The van der Waals surface area contributed by atoms with E-state index in [9.17, 15) is 19.1 Å². The third-order valence-electron chi connectivity index (χ3n) is 4.98. The normalized spacial score (nSPS) is 20.4. The number of benzene rings is 1. The molecule has 2 saturated heterocycles. The van der Waals surface area contributed by atoms with E-state index < -0.39 is 17.4 Å². The van der Waals surface area contributed by atoms with Crippen molar-refractivity contribution in [2.75, 3.05) is 32.7 Å². The van der Waals surface area contributed by atoms with Crippen LogP contribution in [0.2, 0.25) is 0 Å². The van der Waals surface area contributed by atoms with Gasteiger partial charge < -0.3 is 14.7 Å². The summed E-state index contributed by atoms with van der Waals surface area (Å²) < 4.78 is 19.0. The summed E-state index contributed by atoms with van der Waals surface area (Å²) in [4.78, 5) is 28.0. The number of likely N-dealkylation sites (tertiary alicyclic amines) is 2. The fraction of sp³-hybridized carbons (Fsp3) is 0.556. The summed E-state index contributed by atoms with van der Waals surface area (Å²) in [6, 6.07) is 5.48. The first-order valence-electron chi connectivity index (χ1n) is 8.67. The number of ether oxygens (including phenoxy) is 1. The van der Waals surface area contributed by atoms with E-state index in [1.165, 1.54) is 18.2 Å². The van der Waals surface area contributed by atoms with Gasteiger partial charge in [0.15, 0.2) is 0 Å². The van der Waals surface area contributed by atoms with E-state index in [-0.39, 0.29) is 24.5 Å². The maximum atomic E-state index is 13.3. The third kappa shape index (κ3) is 4.10. The van der Waals surface area contributed by atoms with Gasteiger partial charge in [0.05, 0.1) is 6.54 Å². The van der Waals surface area contributed by atoms with Gasteiger partial charge in [-0.2, -0.15) is 0 Å². The topological polar surface area (TPSA) is 70.1 Å². The Morgan fingerprint density at radius 1 is 1.16 bits per heavy atom. The summed E-state index contributed by atoms with van der Waals surface area (Å²) in [5.74, 6) is -1.33. The van der Waals surface area contributed by atoms with Gasteiger partial charge in [0.1, 0.15) is 11.6 Å². The average molecular weight is 350 g/mol. The zero-order valence-corrected chi connectivity index (χ0v) is 14.1. The number of rotatable bonds is 5. The molecular weight excluding hydrogens is 327 g/mol. The number of carboxylic acids is 1. The van der Waals surface area contributed by atoms with Crippen molar-refractivity contribution in [3.63, 3.8) is 0 Å². The molecule has 0 aliphatic carbocycles. The van der Waals surface area contributed by atoms with Crippen LogP contribution in [0.25, 0.3) is 0 Å². The Balaban J connectivity index is 1.62. The molecule has 0 spiro atoms. The van der Waals surface area contributed by atoms with Crippen LogP contribution >= 0.6 is 0 Å². The van der Waals surface area contributed by atoms with Gasteiger partial charge in [0.2, 0.25) is 11.5 Å². The number of hydrogen-bond acceptors (Lipinski definition) is 4. The molecule has 0 radical (unpaired) electrons. The second-order valence-corrected chi connectivity index (χ2v) is 6.72. The third-order valence-corrected chi connectivity index (χ3v) is 4.98. The predicted molar refractivity (Wildman–Crippen MR) is 88.9 cm³/mol. The van der Waals surface area contributed by atoms with Crippen LogP contribution in [-0.4, -0.2) is 65.1 Å². The Labute approximate surface area is 146 Å². The minimum absolute atomic E-state index is 0.0339. The van der Waals surface area contributed by atoms with Gasteiger partial charge in [-0.15, -0.1) is 0 Å². The van der Waals surface area contributed by atoms with Gasteiger partial charge in [0.25, 0.3) is 0 Å². The lowest BCUT2D eigenvalue weighted by molar-refractivity contribution is -0.162. The van der Waals surface area contributed by atoms with Gasteiger partial charge in [0, 0.05) is 32.0 Å². The molecule has 0 aromatic heterocycles. The van der Waals surface area contributed by atoms with Crippen LogP contribution in [0, 0.1) is 5.82 Å². The molecule has 1 aromatic rings. The van der Waals surface area contributed by atoms with Crippen LogP contribution in [0.4, 0.5) is 4.39 Å². The largest absolute Gasteiger partial charge is 0.478 e. The molecule has 7 heteroatoms. The Morgan fingerprint density at radius 3 is 2.44 bits per heavy atom. The van der Waals surface area contributed by atoms with Crippen molar-refractivity contribution < 1.29 is 23.8 Å². The molecule has 2 fully saturated rings. The fourth-order valence-electron chi connectivity index (χ4n) is 3.47. The predicted octanol–water partition coefficient (Wildman–Crippen LogP) is 1.75. The average Bonchev–Trinajstić information content (AvgIpc) is 3.08. The first kappa shape index (κ1) is 17.7. The Hall–Kier alpha value is -2.15. The Morgan fingerprint density at radius 2 is 1.84 bits per heavy atom. The second kappa shape index (κ2) is 7.39. The van der Waals surface area contributed by atoms with Crippen LogP contribution < -0.4 is 4.74 Å². The van der Waals surface area contributed by atoms with Gasteiger partial charge >= 0.3 is 5.97 Å². The SMILES string of the molecule is O=C(CN1CCCC1)N1CCC(Oc2cccc(F)c2)(C(=O)O)CC1. The maximum Gasteiger partial charge on any atom is 0.348 e. The van der Waals surface area contributed by atoms with Crippen molar-refractivity contribution in [1.29, 1.82) is 0 Å². The zero-order chi connectivity index (χ0) is 17.9. The highest BCUT2D eigenvalue weighted by atomic mass is 19.1. The van der Waals surface area contributed by atoms with E-state index in [0.29, 0.717) is 19.6 Å². The summed E-state index contributed by atoms with van der Waals surface area (Å²) >= 11 is 0. The summed E-state index contributed by atoms with van der Waals surface area (Å²) in [5, 5.41) is 9.64. The van der Waals surface area contributed by atoms with Crippen molar-refractivity contribution in [2.24, 2.45) is 0 Å². The lowest BCUT2D eigenvalue weighted by Crippen LogP contribution is -2.55. The molecule has 2 heterocycles. The fourth-order valence-corrected chi connectivity index (χ4v) is 3.47. The number of piperidine rings is 1. The quantitative estimate of drug-likeness (QED) is 0.876. The van der Waals surface area contributed by atoms with Crippen molar-refractivity contribution in [1.82, 2.24) is 9.80 Å². The molecule has 25 heavy (non-hydrogen) atoms. The van der Waals surface area contributed by atoms with E-state index in [0.717, 1.165) is 25.9 Å². The van der Waals surface area contributed by atoms with E-state index in [1.807, 2.05) is 0 Å². The number of carbonyl (C=O) groups is 2. The van der Waals surface area contributed by atoms with Crippen LogP contribution in [0.3, 0.4) is 0 Å². The number of nitrogens with zero attached hydrogens (tertiary/aromatic N) is 2. The highest BCUT2D eigenvalue weighted by Crippen LogP contribution is 2.30. The molecule has 0 bridgehead atoms. The van der Waals surface area contributed by atoms with E-state index >= 15 is 0 Å². The molecule has 0 saturated carbocycles. The summed E-state index contributed by atoms with van der Waals surface area (Å²) in [6.07, 6.45) is 2.61. The van der Waals surface area contributed by atoms with Crippen molar-refractivity contribution in [2.45, 2.75) is 31.3 Å². The zero-order valence-electron chi connectivity index (χ0n) is 14.1. The van der Waals surface area contributed by atoms with Crippen molar-refractivity contribution in [3.05, 3.63) is 30.1 Å². The molecule has 136 valence electrons. The molecule has 3 rings (SSSR count). The van der Waals surface area contributed by atoms with Crippen LogP contribution in [-0.2, 0) is 9.59 Å². The number of carboxylic acid groups (broad SMARTS) is 1. The van der Waals surface area contributed by atoms with Gasteiger partial charge in [-0.3, -0.25) is 9.69 Å². The van der Waals surface area contributed by atoms with E-state index in [4.69, 9.17) is 4.74 Å². The van der Waals surface area contributed by atoms with Gasteiger partial charge in [-0.1, -0.05) is 6.07 Å². The summed E-state index contributed by atoms with van der Waals surface area (Å²) in [7, 11) is 0. The van der Waals surface area contributed by atoms with Crippen LogP contribution in [0.15, 0.2) is 24.3 Å². The molecule has 0 atom stereocenters. The lowest BCUT2D eigenvalue weighted by Gasteiger charge is -2.39. The number of hydrogen-bond donors (Lipinski definition) is 1. The molecule has 2 aliphatic rings. The summed E-state index contributed by atoms with van der Waals surface area (Å²) in [5.41, 5.74) is -1.42. The van der Waals surface area contributed by atoms with Gasteiger partial charge in [-0.05, 0) is 38.1 Å². The number of carbonyl (C=O) groups excluding carboxylic acids is 1. The molecule has 1 amide bonds. The highest BCUT2D eigenvalue weighted by Gasteiger charge is 2.45. The summed E-state index contributed by atoms with van der Waals surface area (Å²) in [6.45, 7) is 2.94. The Bertz CT molecular complexity index is 638. The first-order chi connectivity index (χ1) is 12.0. The minimum atomic E-state index is -1.42. The standard InChI is InChI=1S/C18H23FN2O4/c19-14-4-3-5-15(12-14)25-18(17(23)24)6-10-21(11-7-18)16(22)13-20-8-1-2-9-20/h3-5,12H,1-2,6-11,13H2,(H,23,24). The minimum Gasteiger partial charge on any atom is -0.478 e. The van der Waals surface area contributed by atoms with Crippen molar-refractivity contribution >= 4 is 11.9 Å². The first-order valence-corrected chi connectivity index (χ1v) is 8.67. The molecule has 1 N–H and O–H groups in total. The molecular formula is C18H23FN2O4. The Kier molecular flexibility index (Phi) is 5.22. The smallest absolute Gasteiger partial charge is 0.348 e. The van der Waals surface area contributed by atoms with Crippen molar-refractivity contribution in [3.8, 4) is 5.75 Å². The molecule has 6 nitrogen and oxygen atoms in total. The van der Waals surface area contributed by atoms with Crippen LogP contribution in [0.5, 0.6) is 5.75 Å². The number of amides is 1. The molecule has 0 unspecified atom stereocenters. The van der Waals surface area contributed by atoms with E-state index in [2.05, 4.69) is 4.90 Å². The molecule has 2 aliphatic heterocycles. The monoisotopic (exact) mass is 350 g/mol. The van der Waals surface area contributed by atoms with E-state index in [1.54, 1.807) is 11.0 Å². The molecule has 1 aromatic carbocycles. The second-order valence-electron chi connectivity index (χ2n) is 6.72.